The molecular formula is C16H12Cl2N2O2. The summed E-state index contributed by atoms with van der Waals surface area (Å²) in [6.45, 7) is 0.756. The number of hydrogen-bond acceptors (Lipinski definition) is 3. The summed E-state index contributed by atoms with van der Waals surface area (Å²) < 4.78 is 7.09. The maximum absolute atomic E-state index is 12.4. The van der Waals surface area contributed by atoms with Gasteiger partial charge < -0.3 is 4.74 Å². The second-order valence-corrected chi connectivity index (χ2v) is 5.58. The third kappa shape index (κ3) is 3.24. The number of halogens is 2. The highest BCUT2D eigenvalue weighted by molar-refractivity contribution is 6.31. The van der Waals surface area contributed by atoms with Crippen LogP contribution in [0.1, 0.15) is 0 Å². The van der Waals surface area contributed by atoms with Gasteiger partial charge in [-0.2, -0.15) is 0 Å². The number of fused-ring (bicyclic) bond motifs is 1. The summed E-state index contributed by atoms with van der Waals surface area (Å²) in [5.74, 6) is 0.703. The van der Waals surface area contributed by atoms with Crippen molar-refractivity contribution in [1.82, 2.24) is 9.55 Å². The molecule has 4 nitrogen and oxygen atoms in total. The molecule has 0 bridgehead atoms. The molecule has 0 N–H and O–H groups in total. The third-order valence-corrected chi connectivity index (χ3v) is 3.69. The first-order valence-electron chi connectivity index (χ1n) is 6.66. The van der Waals surface area contributed by atoms with Crippen LogP contribution in [-0.2, 0) is 6.54 Å². The van der Waals surface area contributed by atoms with E-state index in [-0.39, 0.29) is 5.56 Å². The van der Waals surface area contributed by atoms with Crippen molar-refractivity contribution >= 4 is 34.1 Å². The Morgan fingerprint density at radius 2 is 1.77 bits per heavy atom. The Kier molecular flexibility index (Phi) is 4.32. The highest BCUT2D eigenvalue weighted by Gasteiger charge is 2.05. The highest BCUT2D eigenvalue weighted by atomic mass is 35.5. The van der Waals surface area contributed by atoms with Gasteiger partial charge in [-0.15, -0.1) is 0 Å². The van der Waals surface area contributed by atoms with Gasteiger partial charge in [0.2, 0.25) is 0 Å². The lowest BCUT2D eigenvalue weighted by atomic mass is 10.2. The molecule has 0 radical (unpaired) electrons. The van der Waals surface area contributed by atoms with E-state index in [4.69, 9.17) is 27.9 Å². The molecule has 0 aliphatic heterocycles. The average molecular weight is 335 g/mol. The van der Waals surface area contributed by atoms with E-state index in [0.29, 0.717) is 39.8 Å². The van der Waals surface area contributed by atoms with Crippen LogP contribution in [0.25, 0.3) is 10.9 Å². The average Bonchev–Trinajstić information content (AvgIpc) is 2.52. The van der Waals surface area contributed by atoms with Crippen LogP contribution >= 0.6 is 23.2 Å². The predicted octanol–water partition coefficient (Wildman–Crippen LogP) is 3.78. The first-order chi connectivity index (χ1) is 10.6. The summed E-state index contributed by atoms with van der Waals surface area (Å²) in [5.41, 5.74) is 0.497. The van der Waals surface area contributed by atoms with Gasteiger partial charge in [-0.25, -0.2) is 4.98 Å². The van der Waals surface area contributed by atoms with E-state index in [0.717, 1.165) is 0 Å². The van der Waals surface area contributed by atoms with E-state index in [9.17, 15) is 4.79 Å². The summed E-state index contributed by atoms with van der Waals surface area (Å²) in [5, 5.41) is 1.67. The van der Waals surface area contributed by atoms with Gasteiger partial charge in [-0.1, -0.05) is 23.2 Å². The quantitative estimate of drug-likeness (QED) is 0.729. The summed E-state index contributed by atoms with van der Waals surface area (Å²) in [6.07, 6.45) is 1.52. The van der Waals surface area contributed by atoms with Gasteiger partial charge in [0.05, 0.1) is 23.8 Å². The Labute approximate surface area is 136 Å². The second kappa shape index (κ2) is 6.38. The SMILES string of the molecule is O=c1c2cc(Cl)ccc2ncn1CCOc1ccc(Cl)cc1. The minimum atomic E-state index is -0.132. The molecule has 0 saturated carbocycles. The van der Waals surface area contributed by atoms with Gasteiger partial charge in [0, 0.05) is 10.0 Å². The fourth-order valence-electron chi connectivity index (χ4n) is 2.08. The van der Waals surface area contributed by atoms with Gasteiger partial charge >= 0.3 is 0 Å². The molecule has 0 saturated heterocycles. The number of ether oxygens (including phenoxy) is 1. The van der Waals surface area contributed by atoms with Crippen molar-refractivity contribution in [1.29, 1.82) is 0 Å². The smallest absolute Gasteiger partial charge is 0.261 e. The van der Waals surface area contributed by atoms with Crippen LogP contribution in [0.3, 0.4) is 0 Å². The van der Waals surface area contributed by atoms with Crippen LogP contribution in [0.15, 0.2) is 53.6 Å². The van der Waals surface area contributed by atoms with Crippen molar-refractivity contribution in [2.75, 3.05) is 6.61 Å². The molecule has 22 heavy (non-hydrogen) atoms. The van der Waals surface area contributed by atoms with Crippen LogP contribution in [0.2, 0.25) is 10.0 Å². The fourth-order valence-corrected chi connectivity index (χ4v) is 2.38. The van der Waals surface area contributed by atoms with E-state index in [1.807, 2.05) is 0 Å². The molecule has 112 valence electrons. The first-order valence-corrected chi connectivity index (χ1v) is 7.42. The molecule has 3 rings (SSSR count). The maximum Gasteiger partial charge on any atom is 0.261 e. The molecule has 2 aromatic carbocycles. The fraction of sp³-hybridized carbons (Fsp3) is 0.125. The third-order valence-electron chi connectivity index (χ3n) is 3.20. The Morgan fingerprint density at radius 3 is 2.55 bits per heavy atom. The van der Waals surface area contributed by atoms with E-state index >= 15 is 0 Å². The van der Waals surface area contributed by atoms with Gasteiger partial charge in [-0.05, 0) is 42.5 Å². The van der Waals surface area contributed by atoms with Crippen LogP contribution < -0.4 is 10.3 Å². The summed E-state index contributed by atoms with van der Waals surface area (Å²) >= 11 is 11.7. The lowest BCUT2D eigenvalue weighted by Crippen LogP contribution is -2.23. The molecule has 0 fully saturated rings. The van der Waals surface area contributed by atoms with E-state index < -0.39 is 0 Å². The molecule has 0 amide bonds. The topological polar surface area (TPSA) is 44.1 Å². The Bertz CT molecular complexity index is 860. The van der Waals surface area contributed by atoms with Gasteiger partial charge in [-0.3, -0.25) is 9.36 Å². The largest absolute Gasteiger partial charge is 0.492 e. The summed E-state index contributed by atoms with van der Waals surface area (Å²) in [4.78, 5) is 16.6. The zero-order valence-corrected chi connectivity index (χ0v) is 13.0. The van der Waals surface area contributed by atoms with Crippen LogP contribution in [0.5, 0.6) is 5.75 Å². The highest BCUT2D eigenvalue weighted by Crippen LogP contribution is 2.16. The minimum absolute atomic E-state index is 0.132. The van der Waals surface area contributed by atoms with Crippen molar-refractivity contribution in [2.45, 2.75) is 6.54 Å². The number of hydrogen-bond donors (Lipinski definition) is 0. The van der Waals surface area contributed by atoms with E-state index in [2.05, 4.69) is 4.98 Å². The van der Waals surface area contributed by atoms with Crippen LogP contribution in [0, 0.1) is 0 Å². The van der Waals surface area contributed by atoms with Gasteiger partial charge in [0.25, 0.3) is 5.56 Å². The molecule has 1 aromatic heterocycles. The number of benzene rings is 2. The van der Waals surface area contributed by atoms with Crippen molar-refractivity contribution in [3.63, 3.8) is 0 Å². The molecule has 0 aliphatic rings. The minimum Gasteiger partial charge on any atom is -0.492 e. The normalized spacial score (nSPS) is 10.8. The Hall–Kier alpha value is -2.04. The van der Waals surface area contributed by atoms with Crippen molar-refractivity contribution in [2.24, 2.45) is 0 Å². The maximum atomic E-state index is 12.4. The van der Waals surface area contributed by atoms with Gasteiger partial charge in [0.1, 0.15) is 12.4 Å². The number of rotatable bonds is 4. The first kappa shape index (κ1) is 14.9. The molecule has 0 aliphatic carbocycles. The lowest BCUT2D eigenvalue weighted by Gasteiger charge is -2.09. The predicted molar refractivity (Wildman–Crippen MR) is 88.0 cm³/mol. The van der Waals surface area contributed by atoms with E-state index in [1.165, 1.54) is 10.9 Å². The Balaban J connectivity index is 1.75. The van der Waals surface area contributed by atoms with Crippen LogP contribution in [-0.4, -0.2) is 16.2 Å². The van der Waals surface area contributed by atoms with Crippen LogP contribution in [0.4, 0.5) is 0 Å². The molecule has 0 atom stereocenters. The number of nitrogens with zero attached hydrogens (tertiary/aromatic N) is 2. The molecular weight excluding hydrogens is 323 g/mol. The zero-order chi connectivity index (χ0) is 15.5. The Morgan fingerprint density at radius 1 is 1.05 bits per heavy atom. The van der Waals surface area contributed by atoms with Gasteiger partial charge in [0.15, 0.2) is 0 Å². The zero-order valence-electron chi connectivity index (χ0n) is 11.5. The summed E-state index contributed by atoms with van der Waals surface area (Å²) in [7, 11) is 0. The standard InChI is InChI=1S/C16H12Cl2N2O2/c17-11-1-4-13(5-2-11)22-8-7-20-10-19-15-6-3-12(18)9-14(15)16(20)21/h1-6,9-10H,7-8H2. The lowest BCUT2D eigenvalue weighted by molar-refractivity contribution is 0.296. The van der Waals surface area contributed by atoms with Crippen molar-refractivity contribution < 1.29 is 4.74 Å². The monoisotopic (exact) mass is 334 g/mol. The molecule has 0 spiro atoms. The summed E-state index contributed by atoms with van der Waals surface area (Å²) in [6, 6.07) is 12.1. The number of aromatic nitrogens is 2. The van der Waals surface area contributed by atoms with Crippen molar-refractivity contribution in [3.8, 4) is 5.75 Å². The van der Waals surface area contributed by atoms with E-state index in [1.54, 1.807) is 42.5 Å². The molecule has 0 unspecified atom stereocenters. The molecule has 6 heteroatoms. The second-order valence-electron chi connectivity index (χ2n) is 4.71. The van der Waals surface area contributed by atoms with Crippen molar-refractivity contribution in [3.05, 3.63) is 69.2 Å². The molecule has 1 heterocycles. The molecule has 3 aromatic rings.